The lowest BCUT2D eigenvalue weighted by atomic mass is 9.78. The molecule has 144 valence electrons. The highest BCUT2D eigenvalue weighted by Crippen LogP contribution is 2.38. The molecule has 0 saturated carbocycles. The number of halogens is 1. The molecule has 1 unspecified atom stereocenters. The van der Waals surface area contributed by atoms with Gasteiger partial charge in [-0.2, -0.15) is 0 Å². The van der Waals surface area contributed by atoms with Gasteiger partial charge in [0.25, 0.3) is 0 Å². The van der Waals surface area contributed by atoms with E-state index >= 15 is 0 Å². The summed E-state index contributed by atoms with van der Waals surface area (Å²) in [4.78, 5) is 2.31. The van der Waals surface area contributed by atoms with E-state index in [1.165, 1.54) is 5.56 Å². The second-order valence-electron chi connectivity index (χ2n) is 8.45. The number of rotatable bonds is 6. The molecule has 0 bridgehead atoms. The number of aryl methyl sites for hydroxylation is 1. The normalized spacial score (nSPS) is 21.6. The van der Waals surface area contributed by atoms with Crippen LogP contribution in [0.1, 0.15) is 51.7 Å². The van der Waals surface area contributed by atoms with Crippen LogP contribution in [0.25, 0.3) is 0 Å². The third-order valence-electron chi connectivity index (χ3n) is 5.02. The molecular formula is C20H34ClNO3. The van der Waals surface area contributed by atoms with Crippen molar-refractivity contribution >= 4 is 12.4 Å². The molecule has 1 aliphatic heterocycles. The molecule has 4 nitrogen and oxygen atoms in total. The van der Waals surface area contributed by atoms with Gasteiger partial charge in [0.2, 0.25) is 0 Å². The molecule has 1 aromatic carbocycles. The molecule has 0 aromatic heterocycles. The maximum Gasteiger partial charge on any atom is 0.0900 e. The quantitative estimate of drug-likeness (QED) is 0.805. The van der Waals surface area contributed by atoms with Crippen LogP contribution >= 0.6 is 12.4 Å². The summed E-state index contributed by atoms with van der Waals surface area (Å²) >= 11 is 0. The van der Waals surface area contributed by atoms with Gasteiger partial charge in [-0.3, -0.25) is 4.90 Å². The summed E-state index contributed by atoms with van der Waals surface area (Å²) in [5, 5.41) is 20.5. The number of likely N-dealkylation sites (tertiary alicyclic amines) is 1. The first-order valence-corrected chi connectivity index (χ1v) is 8.87. The minimum atomic E-state index is -0.538. The topological polar surface area (TPSA) is 52.9 Å². The number of ether oxygens (including phenoxy) is 1. The number of aliphatic hydroxyl groups is 2. The molecule has 5 heteroatoms. The maximum absolute atomic E-state index is 10.4. The zero-order chi connectivity index (χ0) is 18.0. The van der Waals surface area contributed by atoms with Crippen molar-refractivity contribution in [3.63, 3.8) is 0 Å². The predicted octanol–water partition coefficient (Wildman–Crippen LogP) is 3.31. The van der Waals surface area contributed by atoms with Gasteiger partial charge >= 0.3 is 0 Å². The van der Waals surface area contributed by atoms with Crippen LogP contribution in [0.3, 0.4) is 0 Å². The van der Waals surface area contributed by atoms with Crippen molar-refractivity contribution in [2.24, 2.45) is 0 Å². The van der Waals surface area contributed by atoms with Crippen molar-refractivity contribution in [2.75, 3.05) is 13.2 Å². The van der Waals surface area contributed by atoms with Gasteiger partial charge in [-0.25, -0.2) is 0 Å². The van der Waals surface area contributed by atoms with Crippen molar-refractivity contribution in [1.82, 2.24) is 4.90 Å². The summed E-state index contributed by atoms with van der Waals surface area (Å²) in [5.74, 6) is 0. The zero-order valence-corrected chi connectivity index (χ0v) is 17.0. The second-order valence-corrected chi connectivity index (χ2v) is 8.45. The Kier molecular flexibility index (Phi) is 7.91. The highest BCUT2D eigenvalue weighted by atomic mass is 35.5. The minimum Gasteiger partial charge on any atom is -0.393 e. The number of β-amino-alcohol motifs (C(OH)–C–C–N with tert-alkyl or cyclic N) is 1. The predicted molar refractivity (Wildman–Crippen MR) is 104 cm³/mol. The Bertz CT molecular complexity index is 512. The zero-order valence-electron chi connectivity index (χ0n) is 16.2. The van der Waals surface area contributed by atoms with Crippen LogP contribution in [0, 0.1) is 6.92 Å². The van der Waals surface area contributed by atoms with Gasteiger partial charge in [0.15, 0.2) is 0 Å². The molecule has 1 saturated heterocycles. The molecule has 25 heavy (non-hydrogen) atoms. The molecule has 1 heterocycles. The molecular weight excluding hydrogens is 338 g/mol. The molecule has 0 radical (unpaired) electrons. The lowest BCUT2D eigenvalue weighted by Crippen LogP contribution is -2.63. The van der Waals surface area contributed by atoms with E-state index in [9.17, 15) is 10.2 Å². The van der Waals surface area contributed by atoms with Gasteiger partial charge in [0.05, 0.1) is 25.4 Å². The molecule has 0 amide bonds. The Morgan fingerprint density at radius 3 is 2.16 bits per heavy atom. The summed E-state index contributed by atoms with van der Waals surface area (Å²) in [6.07, 6.45) is 0.645. The van der Waals surface area contributed by atoms with Crippen LogP contribution in [0.4, 0.5) is 0 Å². The Hall–Kier alpha value is -0.650. The Balaban J connectivity index is 0.00000312. The van der Waals surface area contributed by atoms with Gasteiger partial charge in [-0.15, -0.1) is 12.4 Å². The molecule has 1 atom stereocenters. The van der Waals surface area contributed by atoms with Crippen molar-refractivity contribution in [1.29, 1.82) is 0 Å². The molecule has 2 N–H and O–H groups in total. The van der Waals surface area contributed by atoms with E-state index in [1.807, 2.05) is 0 Å². The summed E-state index contributed by atoms with van der Waals surface area (Å²) in [6, 6.07) is 8.25. The number of nitrogens with zero attached hydrogens (tertiary/aromatic N) is 1. The number of aliphatic hydroxyl groups excluding tert-OH is 2. The second kappa shape index (κ2) is 8.83. The average molecular weight is 372 g/mol. The van der Waals surface area contributed by atoms with Crippen LogP contribution in [-0.2, 0) is 11.3 Å². The highest BCUT2D eigenvalue weighted by Gasteiger charge is 2.45. The SMILES string of the molecule is Cc1ccc(COCC(O)CN2C(C)(C)CC(O)CC2(C)C)cc1.Cl. The molecule has 1 aliphatic rings. The van der Waals surface area contributed by atoms with E-state index in [4.69, 9.17) is 4.74 Å². The van der Waals surface area contributed by atoms with E-state index in [-0.39, 0.29) is 29.6 Å². The molecule has 1 fully saturated rings. The van der Waals surface area contributed by atoms with E-state index in [0.29, 0.717) is 19.8 Å². The van der Waals surface area contributed by atoms with Crippen LogP contribution in [0.5, 0.6) is 0 Å². The Labute approximate surface area is 158 Å². The van der Waals surface area contributed by atoms with Crippen molar-refractivity contribution in [3.8, 4) is 0 Å². The third-order valence-corrected chi connectivity index (χ3v) is 5.02. The molecule has 1 aromatic rings. The van der Waals surface area contributed by atoms with Crippen molar-refractivity contribution < 1.29 is 14.9 Å². The van der Waals surface area contributed by atoms with Gasteiger partial charge in [-0.05, 0) is 53.0 Å². The molecule has 0 spiro atoms. The van der Waals surface area contributed by atoms with Crippen LogP contribution in [-0.4, -0.2) is 51.6 Å². The minimum absolute atomic E-state index is 0. The van der Waals surface area contributed by atoms with Crippen LogP contribution in [0.2, 0.25) is 0 Å². The van der Waals surface area contributed by atoms with Gasteiger partial charge in [0, 0.05) is 17.6 Å². The number of hydrogen-bond acceptors (Lipinski definition) is 4. The van der Waals surface area contributed by atoms with Gasteiger partial charge < -0.3 is 14.9 Å². The standard InChI is InChI=1S/C20H33NO3.ClH/c1-15-6-8-16(9-7-15)13-24-14-18(23)12-21-19(2,3)10-17(22)11-20(21,4)5;/h6-9,17-18,22-23H,10-14H2,1-5H3;1H. The maximum atomic E-state index is 10.4. The first kappa shape index (κ1) is 22.4. The van der Waals surface area contributed by atoms with E-state index in [0.717, 1.165) is 18.4 Å². The largest absolute Gasteiger partial charge is 0.393 e. The summed E-state index contributed by atoms with van der Waals surface area (Å²) in [6.45, 7) is 12.0. The van der Waals surface area contributed by atoms with Crippen molar-refractivity contribution in [2.45, 2.75) is 77.4 Å². The summed E-state index contributed by atoms with van der Waals surface area (Å²) < 4.78 is 5.69. The van der Waals surface area contributed by atoms with Crippen LogP contribution < -0.4 is 0 Å². The van der Waals surface area contributed by atoms with E-state index < -0.39 is 6.10 Å². The number of hydrogen-bond donors (Lipinski definition) is 2. The smallest absolute Gasteiger partial charge is 0.0900 e. The molecule has 2 rings (SSSR count). The van der Waals surface area contributed by atoms with Crippen LogP contribution in [0.15, 0.2) is 24.3 Å². The lowest BCUT2D eigenvalue weighted by Gasteiger charge is -2.55. The first-order chi connectivity index (χ1) is 11.1. The lowest BCUT2D eigenvalue weighted by molar-refractivity contribution is -0.105. The van der Waals surface area contributed by atoms with Gasteiger partial charge in [0.1, 0.15) is 0 Å². The first-order valence-electron chi connectivity index (χ1n) is 8.87. The monoisotopic (exact) mass is 371 g/mol. The Morgan fingerprint density at radius 1 is 1.12 bits per heavy atom. The fourth-order valence-electron chi connectivity index (χ4n) is 4.02. The fourth-order valence-corrected chi connectivity index (χ4v) is 4.02. The fraction of sp³-hybridized carbons (Fsp3) is 0.700. The van der Waals surface area contributed by atoms with E-state index in [2.05, 4.69) is 63.8 Å². The summed E-state index contributed by atoms with van der Waals surface area (Å²) in [7, 11) is 0. The number of piperidine rings is 1. The third kappa shape index (κ3) is 6.22. The number of benzene rings is 1. The summed E-state index contributed by atoms with van der Waals surface area (Å²) in [5.41, 5.74) is 2.07. The highest BCUT2D eigenvalue weighted by molar-refractivity contribution is 5.85. The van der Waals surface area contributed by atoms with Gasteiger partial charge in [-0.1, -0.05) is 29.8 Å². The Morgan fingerprint density at radius 2 is 1.64 bits per heavy atom. The van der Waals surface area contributed by atoms with Crippen molar-refractivity contribution in [3.05, 3.63) is 35.4 Å². The average Bonchev–Trinajstić information content (AvgIpc) is 2.44. The van der Waals surface area contributed by atoms with E-state index in [1.54, 1.807) is 0 Å². The molecule has 0 aliphatic carbocycles.